The molecule has 0 radical (unpaired) electrons. The highest BCUT2D eigenvalue weighted by Crippen LogP contribution is 2.27. The van der Waals surface area contributed by atoms with Gasteiger partial charge in [0.15, 0.2) is 5.69 Å². The van der Waals surface area contributed by atoms with E-state index in [1.54, 1.807) is 16.8 Å². The maximum absolute atomic E-state index is 13.1. The van der Waals surface area contributed by atoms with E-state index < -0.39 is 0 Å². The van der Waals surface area contributed by atoms with Crippen molar-refractivity contribution in [3.05, 3.63) is 76.9 Å². The van der Waals surface area contributed by atoms with Crippen molar-refractivity contribution in [1.82, 2.24) is 15.0 Å². The summed E-state index contributed by atoms with van der Waals surface area (Å²) in [5, 5.41) is 11.1. The topological polar surface area (TPSA) is 69.0 Å². The van der Waals surface area contributed by atoms with Gasteiger partial charge in [-0.1, -0.05) is 42.5 Å². The van der Waals surface area contributed by atoms with Crippen LogP contribution in [0, 0.1) is 5.82 Å². The highest BCUT2D eigenvalue weighted by atomic mass is 19.1. The van der Waals surface area contributed by atoms with E-state index in [1.807, 2.05) is 31.2 Å². The molecule has 1 N–H and O–H groups in total. The van der Waals surface area contributed by atoms with Crippen LogP contribution in [0.3, 0.4) is 0 Å². The Morgan fingerprint density at radius 3 is 2.81 bits per heavy atom. The largest absolute Gasteiger partial charge is 0.365 e. The Bertz CT molecular complexity index is 968. The lowest BCUT2D eigenvalue weighted by atomic mass is 10.1. The summed E-state index contributed by atoms with van der Waals surface area (Å²) in [6, 6.07) is 13.9. The van der Waals surface area contributed by atoms with E-state index in [0.717, 1.165) is 23.2 Å². The smallest absolute Gasteiger partial charge is 0.278 e. The van der Waals surface area contributed by atoms with Crippen molar-refractivity contribution >= 4 is 11.6 Å². The van der Waals surface area contributed by atoms with Crippen LogP contribution in [-0.2, 0) is 24.3 Å². The number of aromatic nitrogens is 3. The molecular formula is C20H19FN4O2. The molecule has 1 aromatic heterocycles. The Morgan fingerprint density at radius 1 is 1.26 bits per heavy atom. The molecule has 4 rings (SSSR count). The first-order valence-electron chi connectivity index (χ1n) is 8.84. The number of rotatable bonds is 4. The zero-order valence-corrected chi connectivity index (χ0v) is 14.9. The summed E-state index contributed by atoms with van der Waals surface area (Å²) in [7, 11) is 0. The van der Waals surface area contributed by atoms with Gasteiger partial charge in [0.05, 0.1) is 18.8 Å². The van der Waals surface area contributed by atoms with Crippen LogP contribution in [0.4, 0.5) is 10.1 Å². The van der Waals surface area contributed by atoms with Crippen molar-refractivity contribution in [1.29, 1.82) is 0 Å². The van der Waals surface area contributed by atoms with Crippen LogP contribution in [-0.4, -0.2) is 20.9 Å². The molecule has 27 heavy (non-hydrogen) atoms. The first-order valence-corrected chi connectivity index (χ1v) is 8.84. The third kappa shape index (κ3) is 3.46. The molecule has 1 amide bonds. The molecule has 7 heteroatoms. The number of amides is 1. The Hall–Kier alpha value is -3.06. The minimum atomic E-state index is -0.305. The van der Waals surface area contributed by atoms with Gasteiger partial charge in [-0.3, -0.25) is 4.79 Å². The van der Waals surface area contributed by atoms with E-state index in [1.165, 1.54) is 12.1 Å². The highest BCUT2D eigenvalue weighted by molar-refractivity contribution is 6.04. The summed E-state index contributed by atoms with van der Waals surface area (Å²) in [5.41, 5.74) is 3.59. The number of carbonyl (C=O) groups excluding carboxylic acids is 1. The van der Waals surface area contributed by atoms with Crippen molar-refractivity contribution in [3.63, 3.8) is 0 Å². The number of halogens is 1. The molecule has 1 aliphatic rings. The van der Waals surface area contributed by atoms with Crippen molar-refractivity contribution in [2.24, 2.45) is 0 Å². The fourth-order valence-corrected chi connectivity index (χ4v) is 3.20. The number of benzene rings is 2. The standard InChI is InChI=1S/C20H19FN4O2/c1-2-13-5-3-4-6-16(13)22-20(26)19-17-12-27-18(11-25(17)24-23-19)14-7-9-15(21)10-8-14/h3-10,18H,2,11-12H2,1H3,(H,22,26)/t18-/m0/s1. The maximum Gasteiger partial charge on any atom is 0.278 e. The lowest BCUT2D eigenvalue weighted by molar-refractivity contribution is -0.00174. The van der Waals surface area contributed by atoms with Gasteiger partial charge >= 0.3 is 0 Å². The lowest BCUT2D eigenvalue weighted by Crippen LogP contribution is -2.24. The molecule has 3 aromatic rings. The molecule has 0 unspecified atom stereocenters. The van der Waals surface area contributed by atoms with Crippen LogP contribution in [0.5, 0.6) is 0 Å². The van der Waals surface area contributed by atoms with E-state index in [4.69, 9.17) is 4.74 Å². The molecular weight excluding hydrogens is 347 g/mol. The van der Waals surface area contributed by atoms with Crippen molar-refractivity contribution in [2.45, 2.75) is 32.6 Å². The average Bonchev–Trinajstić information content (AvgIpc) is 3.12. The first kappa shape index (κ1) is 17.4. The van der Waals surface area contributed by atoms with Gasteiger partial charge in [0.1, 0.15) is 11.9 Å². The summed E-state index contributed by atoms with van der Waals surface area (Å²) >= 11 is 0. The number of aryl methyl sites for hydroxylation is 1. The Morgan fingerprint density at radius 2 is 2.04 bits per heavy atom. The number of fused-ring (bicyclic) bond motifs is 1. The molecule has 0 bridgehead atoms. The van der Waals surface area contributed by atoms with Gasteiger partial charge in [0.2, 0.25) is 0 Å². The van der Waals surface area contributed by atoms with Crippen LogP contribution in [0.25, 0.3) is 0 Å². The quantitative estimate of drug-likeness (QED) is 0.767. The average molecular weight is 366 g/mol. The van der Waals surface area contributed by atoms with Gasteiger partial charge in [-0.25, -0.2) is 9.07 Å². The summed E-state index contributed by atoms with van der Waals surface area (Å²) in [5.74, 6) is -0.594. The second-order valence-electron chi connectivity index (χ2n) is 6.38. The number of nitrogens with zero attached hydrogens (tertiary/aromatic N) is 3. The molecule has 1 atom stereocenters. The SMILES string of the molecule is CCc1ccccc1NC(=O)c1nnn2c1CO[C@H](c1ccc(F)cc1)C2. The number of carbonyl (C=O) groups is 1. The van der Waals surface area contributed by atoms with Crippen LogP contribution >= 0.6 is 0 Å². The first-order chi connectivity index (χ1) is 13.2. The Labute approximate surface area is 156 Å². The maximum atomic E-state index is 13.1. The highest BCUT2D eigenvalue weighted by Gasteiger charge is 2.28. The molecule has 2 heterocycles. The van der Waals surface area contributed by atoms with Gasteiger partial charge in [-0.15, -0.1) is 5.10 Å². The summed E-state index contributed by atoms with van der Waals surface area (Å²) < 4.78 is 20.7. The van der Waals surface area contributed by atoms with E-state index in [0.29, 0.717) is 12.2 Å². The monoisotopic (exact) mass is 366 g/mol. The summed E-state index contributed by atoms with van der Waals surface area (Å²) in [6.07, 6.45) is 0.565. The third-order valence-corrected chi connectivity index (χ3v) is 4.70. The Balaban J connectivity index is 1.52. The van der Waals surface area contributed by atoms with Gasteiger partial charge in [0.25, 0.3) is 5.91 Å². The van der Waals surface area contributed by atoms with Gasteiger partial charge in [-0.2, -0.15) is 0 Å². The van der Waals surface area contributed by atoms with E-state index in [-0.39, 0.29) is 30.1 Å². The second kappa shape index (κ2) is 7.28. The van der Waals surface area contributed by atoms with Crippen LogP contribution in [0.1, 0.15) is 40.3 Å². The predicted octanol–water partition coefficient (Wildman–Crippen LogP) is 3.50. The fraction of sp³-hybridized carbons (Fsp3) is 0.250. The summed E-state index contributed by atoms with van der Waals surface area (Å²) in [6.45, 7) is 2.68. The third-order valence-electron chi connectivity index (χ3n) is 4.70. The number of ether oxygens (including phenoxy) is 1. The molecule has 0 saturated heterocycles. The van der Waals surface area contributed by atoms with Crippen LogP contribution in [0.2, 0.25) is 0 Å². The molecule has 0 aliphatic carbocycles. The van der Waals surface area contributed by atoms with Crippen LogP contribution < -0.4 is 5.32 Å². The molecule has 2 aromatic carbocycles. The summed E-state index contributed by atoms with van der Waals surface area (Å²) in [4.78, 5) is 12.7. The van der Waals surface area contributed by atoms with Gasteiger partial charge in [0, 0.05) is 5.69 Å². The number of nitrogens with one attached hydrogen (secondary N) is 1. The minimum absolute atomic E-state index is 0.215. The van der Waals surface area contributed by atoms with Crippen molar-refractivity contribution in [3.8, 4) is 0 Å². The van der Waals surface area contributed by atoms with Gasteiger partial charge < -0.3 is 10.1 Å². The zero-order chi connectivity index (χ0) is 18.8. The molecule has 0 fully saturated rings. The second-order valence-corrected chi connectivity index (χ2v) is 6.38. The molecule has 0 spiro atoms. The van der Waals surface area contributed by atoms with E-state index in [9.17, 15) is 9.18 Å². The Kier molecular flexibility index (Phi) is 4.68. The van der Waals surface area contributed by atoms with Crippen LogP contribution in [0.15, 0.2) is 48.5 Å². The zero-order valence-electron chi connectivity index (χ0n) is 14.9. The van der Waals surface area contributed by atoms with Crippen molar-refractivity contribution < 1.29 is 13.9 Å². The number of hydrogen-bond acceptors (Lipinski definition) is 4. The molecule has 1 aliphatic heterocycles. The van der Waals surface area contributed by atoms with Crippen molar-refractivity contribution in [2.75, 3.05) is 5.32 Å². The number of anilines is 1. The predicted molar refractivity (Wildman–Crippen MR) is 97.7 cm³/mol. The molecule has 0 saturated carbocycles. The van der Waals surface area contributed by atoms with Gasteiger partial charge in [-0.05, 0) is 35.7 Å². The molecule has 6 nitrogen and oxygen atoms in total. The minimum Gasteiger partial charge on any atom is -0.365 e. The number of para-hydroxylation sites is 1. The number of hydrogen-bond donors (Lipinski definition) is 1. The normalized spacial score (nSPS) is 16.0. The lowest BCUT2D eigenvalue weighted by Gasteiger charge is -2.24. The fourth-order valence-electron chi connectivity index (χ4n) is 3.20. The van der Waals surface area contributed by atoms with E-state index >= 15 is 0 Å². The molecule has 138 valence electrons. The van der Waals surface area contributed by atoms with E-state index in [2.05, 4.69) is 15.6 Å².